The highest BCUT2D eigenvalue weighted by Crippen LogP contribution is 2.46. The molecule has 1 heterocycles. The molecule has 1 N–H and O–H groups in total. The molecule has 0 saturated heterocycles. The van der Waals surface area contributed by atoms with E-state index in [2.05, 4.69) is 78.6 Å². The second-order valence-corrected chi connectivity index (χ2v) is 7.57. The van der Waals surface area contributed by atoms with Crippen LogP contribution in [0.4, 0.5) is 22.7 Å². The smallest absolute Gasteiger partial charge is 0.0631 e. The van der Waals surface area contributed by atoms with E-state index in [1.54, 1.807) is 0 Å². The number of nitrogens with one attached hydrogen (secondary N) is 1. The zero-order chi connectivity index (χ0) is 19.6. The Morgan fingerprint density at radius 3 is 2.18 bits per heavy atom. The first-order chi connectivity index (χ1) is 13.6. The number of nitrogens with zero attached hydrogens (tertiary/aromatic N) is 2. The SMILES string of the molecule is CN1C(=CC=Nc2ccc(Nc3ccccc3)cc2)C(C)(C)c2ccccc21. The molecule has 3 nitrogen and oxygen atoms in total. The van der Waals surface area contributed by atoms with Crippen molar-refractivity contribution in [1.82, 2.24) is 0 Å². The molecule has 0 radical (unpaired) electrons. The lowest BCUT2D eigenvalue weighted by molar-refractivity contribution is 0.641. The Kier molecular flexibility index (Phi) is 4.74. The fourth-order valence-electron chi connectivity index (χ4n) is 3.81. The minimum Gasteiger partial charge on any atom is -0.356 e. The predicted molar refractivity (Wildman–Crippen MR) is 120 cm³/mol. The van der Waals surface area contributed by atoms with Crippen molar-refractivity contribution >= 4 is 29.0 Å². The van der Waals surface area contributed by atoms with Crippen LogP contribution < -0.4 is 10.2 Å². The van der Waals surface area contributed by atoms with Crippen LogP contribution in [0.5, 0.6) is 0 Å². The van der Waals surface area contributed by atoms with Crippen LogP contribution in [0.15, 0.2) is 95.6 Å². The van der Waals surface area contributed by atoms with E-state index < -0.39 is 0 Å². The van der Waals surface area contributed by atoms with Crippen molar-refractivity contribution in [2.75, 3.05) is 17.3 Å². The van der Waals surface area contributed by atoms with Gasteiger partial charge in [0, 0.05) is 41.4 Å². The van der Waals surface area contributed by atoms with Crippen LogP contribution in [0, 0.1) is 0 Å². The van der Waals surface area contributed by atoms with E-state index in [1.165, 1.54) is 16.9 Å². The van der Waals surface area contributed by atoms with Gasteiger partial charge in [-0.2, -0.15) is 0 Å². The molecular weight excluding hydrogens is 342 g/mol. The molecule has 0 spiro atoms. The Bertz CT molecular complexity index is 1020. The molecule has 1 aliphatic heterocycles. The summed E-state index contributed by atoms with van der Waals surface area (Å²) in [7, 11) is 2.12. The molecule has 0 aliphatic carbocycles. The third kappa shape index (κ3) is 3.44. The molecule has 140 valence electrons. The Labute approximate surface area is 167 Å². The van der Waals surface area contributed by atoms with Gasteiger partial charge in [0.05, 0.1) is 5.69 Å². The van der Waals surface area contributed by atoms with Crippen LogP contribution in [-0.4, -0.2) is 13.3 Å². The van der Waals surface area contributed by atoms with E-state index in [9.17, 15) is 0 Å². The van der Waals surface area contributed by atoms with Crippen LogP contribution in [0.1, 0.15) is 19.4 Å². The number of hydrogen-bond donors (Lipinski definition) is 1. The largest absolute Gasteiger partial charge is 0.356 e. The quantitative estimate of drug-likeness (QED) is 0.537. The normalized spacial score (nSPS) is 16.5. The summed E-state index contributed by atoms with van der Waals surface area (Å²) in [6.45, 7) is 4.53. The van der Waals surface area contributed by atoms with E-state index in [4.69, 9.17) is 0 Å². The highest BCUT2D eigenvalue weighted by Gasteiger charge is 2.37. The zero-order valence-electron chi connectivity index (χ0n) is 16.6. The van der Waals surface area contributed by atoms with Gasteiger partial charge in [-0.3, -0.25) is 4.99 Å². The van der Waals surface area contributed by atoms with Crippen molar-refractivity contribution in [3.05, 3.63) is 96.2 Å². The molecule has 0 amide bonds. The number of hydrogen-bond acceptors (Lipinski definition) is 3. The Morgan fingerprint density at radius 1 is 0.821 bits per heavy atom. The number of anilines is 3. The summed E-state index contributed by atoms with van der Waals surface area (Å²) < 4.78 is 0. The Balaban J connectivity index is 1.49. The molecular formula is C25H25N3. The van der Waals surface area contributed by atoms with Gasteiger partial charge in [-0.1, -0.05) is 50.2 Å². The third-order valence-electron chi connectivity index (χ3n) is 5.33. The first-order valence-electron chi connectivity index (χ1n) is 9.56. The summed E-state index contributed by atoms with van der Waals surface area (Å²) in [6, 6.07) is 26.9. The van der Waals surface area contributed by atoms with E-state index in [-0.39, 0.29) is 5.41 Å². The van der Waals surface area contributed by atoms with Crippen molar-refractivity contribution in [1.29, 1.82) is 0 Å². The number of rotatable bonds is 4. The molecule has 3 heteroatoms. The summed E-state index contributed by atoms with van der Waals surface area (Å²) in [4.78, 5) is 6.88. The maximum atomic E-state index is 4.62. The van der Waals surface area contributed by atoms with Gasteiger partial charge in [-0.05, 0) is 54.1 Å². The maximum absolute atomic E-state index is 4.62. The highest BCUT2D eigenvalue weighted by molar-refractivity contribution is 5.81. The number of aliphatic imine (C=N–C) groups is 1. The molecule has 28 heavy (non-hydrogen) atoms. The first kappa shape index (κ1) is 18.1. The summed E-state index contributed by atoms with van der Waals surface area (Å²) in [5.74, 6) is 0. The molecule has 0 fully saturated rings. The van der Waals surface area contributed by atoms with Gasteiger partial charge in [-0.15, -0.1) is 0 Å². The van der Waals surface area contributed by atoms with Crippen LogP contribution in [0.25, 0.3) is 0 Å². The van der Waals surface area contributed by atoms with Gasteiger partial charge >= 0.3 is 0 Å². The van der Waals surface area contributed by atoms with Crippen molar-refractivity contribution in [2.24, 2.45) is 4.99 Å². The van der Waals surface area contributed by atoms with Crippen LogP contribution in [0.3, 0.4) is 0 Å². The number of likely N-dealkylation sites (N-methyl/N-ethyl adjacent to an activating group) is 1. The van der Waals surface area contributed by atoms with Crippen molar-refractivity contribution in [2.45, 2.75) is 19.3 Å². The van der Waals surface area contributed by atoms with Crippen LogP contribution in [-0.2, 0) is 5.41 Å². The maximum Gasteiger partial charge on any atom is 0.0631 e. The zero-order valence-corrected chi connectivity index (χ0v) is 16.6. The second-order valence-electron chi connectivity index (χ2n) is 7.57. The summed E-state index contributed by atoms with van der Waals surface area (Å²) in [6.07, 6.45) is 4.02. The van der Waals surface area contributed by atoms with Gasteiger partial charge < -0.3 is 10.2 Å². The average Bonchev–Trinajstić information content (AvgIpc) is 2.91. The van der Waals surface area contributed by atoms with Crippen molar-refractivity contribution < 1.29 is 0 Å². The van der Waals surface area contributed by atoms with E-state index in [0.717, 1.165) is 17.1 Å². The summed E-state index contributed by atoms with van der Waals surface area (Å²) in [5.41, 5.74) is 6.91. The lowest BCUT2D eigenvalue weighted by Crippen LogP contribution is -2.22. The van der Waals surface area contributed by atoms with Gasteiger partial charge in [0.2, 0.25) is 0 Å². The molecule has 3 aromatic carbocycles. The molecule has 0 saturated carbocycles. The molecule has 0 unspecified atom stereocenters. The minimum atomic E-state index is -0.0270. The van der Waals surface area contributed by atoms with Gasteiger partial charge in [0.15, 0.2) is 0 Å². The molecule has 3 aromatic rings. The third-order valence-corrected chi connectivity index (χ3v) is 5.33. The lowest BCUT2D eigenvalue weighted by Gasteiger charge is -2.23. The van der Waals surface area contributed by atoms with Gasteiger partial charge in [0.25, 0.3) is 0 Å². The first-order valence-corrected chi connectivity index (χ1v) is 9.56. The van der Waals surface area contributed by atoms with Crippen LogP contribution >= 0.6 is 0 Å². The number of para-hydroxylation sites is 2. The molecule has 0 aromatic heterocycles. The fourth-order valence-corrected chi connectivity index (χ4v) is 3.81. The number of benzene rings is 3. The predicted octanol–water partition coefficient (Wildman–Crippen LogP) is 6.44. The fraction of sp³-hybridized carbons (Fsp3) is 0.160. The van der Waals surface area contributed by atoms with Gasteiger partial charge in [-0.25, -0.2) is 0 Å². The number of allylic oxidation sites excluding steroid dienone is 2. The molecule has 1 aliphatic rings. The van der Waals surface area contributed by atoms with Crippen molar-refractivity contribution in [3.8, 4) is 0 Å². The average molecular weight is 367 g/mol. The van der Waals surface area contributed by atoms with E-state index in [0.29, 0.717) is 0 Å². The lowest BCUT2D eigenvalue weighted by atomic mass is 9.84. The molecule has 4 rings (SSSR count). The number of fused-ring (bicyclic) bond motifs is 1. The summed E-state index contributed by atoms with van der Waals surface area (Å²) in [5, 5.41) is 3.39. The molecule has 0 bridgehead atoms. The topological polar surface area (TPSA) is 27.6 Å². The minimum absolute atomic E-state index is 0.0270. The van der Waals surface area contributed by atoms with Crippen molar-refractivity contribution in [3.63, 3.8) is 0 Å². The molecule has 0 atom stereocenters. The Hall–Kier alpha value is -3.33. The van der Waals surface area contributed by atoms with E-state index >= 15 is 0 Å². The summed E-state index contributed by atoms with van der Waals surface area (Å²) >= 11 is 0. The van der Waals surface area contributed by atoms with E-state index in [1.807, 2.05) is 48.7 Å². The van der Waals surface area contributed by atoms with Gasteiger partial charge in [0.1, 0.15) is 0 Å². The Morgan fingerprint density at radius 2 is 1.46 bits per heavy atom. The second kappa shape index (κ2) is 7.35. The van der Waals surface area contributed by atoms with Crippen LogP contribution in [0.2, 0.25) is 0 Å². The standard InChI is InChI=1S/C25H25N3/c1-25(2)22-11-7-8-12-23(22)28(3)24(25)17-18-26-19-13-15-21(16-14-19)27-20-9-5-4-6-10-20/h4-18,27H,1-3H3. The highest BCUT2D eigenvalue weighted by atomic mass is 15.2. The monoisotopic (exact) mass is 367 g/mol.